The second-order valence-corrected chi connectivity index (χ2v) is 8.55. The number of nitrogens with zero attached hydrogens (tertiary/aromatic N) is 3. The molecule has 3 aromatic rings. The maximum Gasteiger partial charge on any atom is 0.230 e. The third-order valence-electron chi connectivity index (χ3n) is 4.67. The molecular weight excluding hydrogens is 415 g/mol. The van der Waals surface area contributed by atoms with Gasteiger partial charge in [-0.3, -0.25) is 4.79 Å². The molecule has 0 fully saturated rings. The minimum Gasteiger partial charge on any atom is -0.485 e. The minimum atomic E-state index is -0.295. The molecular formula is C23H27FN4O2S. The van der Waals surface area contributed by atoms with Crippen molar-refractivity contribution in [1.29, 1.82) is 0 Å². The lowest BCUT2D eigenvalue weighted by Crippen LogP contribution is -2.24. The zero-order valence-corrected chi connectivity index (χ0v) is 19.0. The van der Waals surface area contributed by atoms with Gasteiger partial charge >= 0.3 is 0 Å². The summed E-state index contributed by atoms with van der Waals surface area (Å²) >= 11 is 1.33. The fourth-order valence-corrected chi connectivity index (χ4v) is 4.03. The summed E-state index contributed by atoms with van der Waals surface area (Å²) in [5, 5.41) is 12.0. The monoisotopic (exact) mass is 442 g/mol. The van der Waals surface area contributed by atoms with Crippen molar-refractivity contribution in [3.8, 4) is 5.75 Å². The van der Waals surface area contributed by atoms with Crippen LogP contribution in [0.5, 0.6) is 5.75 Å². The number of hydrogen-bond donors (Lipinski definition) is 1. The smallest absolute Gasteiger partial charge is 0.230 e. The molecule has 31 heavy (non-hydrogen) atoms. The fourth-order valence-electron chi connectivity index (χ4n) is 3.11. The summed E-state index contributed by atoms with van der Waals surface area (Å²) < 4.78 is 20.9. The Balaban J connectivity index is 1.58. The number of amides is 1. The maximum absolute atomic E-state index is 13.0. The van der Waals surface area contributed by atoms with Gasteiger partial charge < -0.3 is 14.6 Å². The Bertz CT molecular complexity index is 1030. The van der Waals surface area contributed by atoms with Crippen LogP contribution in [0.4, 0.5) is 4.39 Å². The minimum absolute atomic E-state index is 0.123. The number of hydrogen-bond acceptors (Lipinski definition) is 5. The lowest BCUT2D eigenvalue weighted by molar-refractivity contribution is -0.118. The maximum atomic E-state index is 13.0. The number of nitrogens with one attached hydrogen (secondary N) is 1. The molecule has 6 nitrogen and oxygen atoms in total. The highest BCUT2D eigenvalue weighted by Gasteiger charge is 2.17. The van der Waals surface area contributed by atoms with Gasteiger partial charge in [-0.1, -0.05) is 41.6 Å². The molecule has 2 aromatic carbocycles. The average Bonchev–Trinajstić information content (AvgIpc) is 3.14. The van der Waals surface area contributed by atoms with Crippen LogP contribution in [0.1, 0.15) is 42.4 Å². The molecule has 1 aromatic heterocycles. The van der Waals surface area contributed by atoms with Crippen LogP contribution in [-0.4, -0.2) is 26.4 Å². The Morgan fingerprint density at radius 2 is 1.90 bits per heavy atom. The van der Waals surface area contributed by atoms with E-state index in [1.165, 1.54) is 29.5 Å². The predicted octanol–water partition coefficient (Wildman–Crippen LogP) is 4.60. The highest BCUT2D eigenvalue weighted by Crippen LogP contribution is 2.24. The topological polar surface area (TPSA) is 69.0 Å². The number of benzene rings is 2. The van der Waals surface area contributed by atoms with Gasteiger partial charge in [0, 0.05) is 12.6 Å². The zero-order chi connectivity index (χ0) is 22.4. The molecule has 0 unspecified atom stereocenters. The standard InChI is InChI=1S/C23H27FN4O2S/c1-15(2)28-21(13-30-20-10-5-16(3)11-17(20)4)26-27-23(28)31-14-22(29)25-12-18-6-8-19(24)9-7-18/h5-11,15H,12-14H2,1-4H3,(H,25,29). The van der Waals surface area contributed by atoms with Crippen molar-refractivity contribution in [3.05, 3.63) is 70.8 Å². The molecule has 0 aliphatic heterocycles. The van der Waals surface area contributed by atoms with E-state index in [1.807, 2.05) is 44.4 Å². The Morgan fingerprint density at radius 3 is 2.58 bits per heavy atom. The number of rotatable bonds is 9. The molecule has 1 heterocycles. The lowest BCUT2D eigenvalue weighted by atomic mass is 10.1. The van der Waals surface area contributed by atoms with E-state index in [1.54, 1.807) is 12.1 Å². The van der Waals surface area contributed by atoms with Gasteiger partial charge in [-0.05, 0) is 57.0 Å². The van der Waals surface area contributed by atoms with Crippen LogP contribution in [0.2, 0.25) is 0 Å². The molecule has 0 bridgehead atoms. The van der Waals surface area contributed by atoms with E-state index in [0.29, 0.717) is 24.1 Å². The molecule has 0 spiro atoms. The molecule has 0 aliphatic carbocycles. The summed E-state index contributed by atoms with van der Waals surface area (Å²) in [4.78, 5) is 12.2. The second-order valence-electron chi connectivity index (χ2n) is 7.61. The summed E-state index contributed by atoms with van der Waals surface area (Å²) in [5.74, 6) is 1.32. The van der Waals surface area contributed by atoms with Gasteiger partial charge in [0.1, 0.15) is 18.2 Å². The van der Waals surface area contributed by atoms with E-state index in [4.69, 9.17) is 4.74 Å². The van der Waals surface area contributed by atoms with Crippen LogP contribution < -0.4 is 10.1 Å². The van der Waals surface area contributed by atoms with E-state index in [2.05, 4.69) is 21.6 Å². The summed E-state index contributed by atoms with van der Waals surface area (Å²) in [6, 6.07) is 12.2. The van der Waals surface area contributed by atoms with Gasteiger partial charge in [-0.2, -0.15) is 0 Å². The van der Waals surface area contributed by atoms with Crippen molar-refractivity contribution in [2.45, 2.75) is 52.0 Å². The summed E-state index contributed by atoms with van der Waals surface area (Å²) in [5.41, 5.74) is 3.10. The van der Waals surface area contributed by atoms with Gasteiger partial charge in [0.2, 0.25) is 5.91 Å². The molecule has 0 radical (unpaired) electrons. The lowest BCUT2D eigenvalue weighted by Gasteiger charge is -2.15. The van der Waals surface area contributed by atoms with Gasteiger partial charge in [-0.15, -0.1) is 10.2 Å². The van der Waals surface area contributed by atoms with Crippen LogP contribution in [0, 0.1) is 19.7 Å². The van der Waals surface area contributed by atoms with Crippen molar-refractivity contribution in [2.75, 3.05) is 5.75 Å². The van der Waals surface area contributed by atoms with Crippen LogP contribution in [-0.2, 0) is 17.9 Å². The largest absolute Gasteiger partial charge is 0.485 e. The SMILES string of the molecule is Cc1ccc(OCc2nnc(SCC(=O)NCc3ccc(F)cc3)n2C(C)C)c(C)c1. The van der Waals surface area contributed by atoms with Crippen LogP contribution in [0.15, 0.2) is 47.6 Å². The van der Waals surface area contributed by atoms with E-state index < -0.39 is 0 Å². The number of carbonyl (C=O) groups excluding carboxylic acids is 1. The van der Waals surface area contributed by atoms with E-state index in [-0.39, 0.29) is 23.5 Å². The third kappa shape index (κ3) is 6.30. The zero-order valence-electron chi connectivity index (χ0n) is 18.2. The molecule has 1 amide bonds. The molecule has 0 saturated carbocycles. The first kappa shape index (κ1) is 22.8. The Hall–Kier alpha value is -2.87. The summed E-state index contributed by atoms with van der Waals surface area (Å²) in [7, 11) is 0. The first-order valence-electron chi connectivity index (χ1n) is 10.1. The molecule has 8 heteroatoms. The fraction of sp³-hybridized carbons (Fsp3) is 0.348. The van der Waals surface area contributed by atoms with Gasteiger partial charge in [0.25, 0.3) is 0 Å². The van der Waals surface area contributed by atoms with Crippen LogP contribution in [0.3, 0.4) is 0 Å². The first-order valence-corrected chi connectivity index (χ1v) is 11.1. The summed E-state index contributed by atoms with van der Waals surface area (Å²) in [6.45, 7) is 8.80. The molecule has 3 rings (SSSR count). The number of carbonyl (C=O) groups is 1. The van der Waals surface area contributed by atoms with Gasteiger partial charge in [0.05, 0.1) is 5.75 Å². The number of aromatic nitrogens is 3. The van der Waals surface area contributed by atoms with E-state index in [9.17, 15) is 9.18 Å². The predicted molar refractivity (Wildman–Crippen MR) is 120 cm³/mol. The molecule has 0 aliphatic rings. The highest BCUT2D eigenvalue weighted by atomic mass is 32.2. The number of thioether (sulfide) groups is 1. The van der Waals surface area contributed by atoms with E-state index in [0.717, 1.165) is 16.9 Å². The highest BCUT2D eigenvalue weighted by molar-refractivity contribution is 7.99. The number of ether oxygens (including phenoxy) is 1. The van der Waals surface area contributed by atoms with Crippen LogP contribution in [0.25, 0.3) is 0 Å². The van der Waals surface area contributed by atoms with Crippen molar-refractivity contribution in [3.63, 3.8) is 0 Å². The molecule has 164 valence electrons. The van der Waals surface area contributed by atoms with Gasteiger partial charge in [-0.25, -0.2) is 4.39 Å². The molecule has 0 atom stereocenters. The average molecular weight is 443 g/mol. The van der Waals surface area contributed by atoms with Crippen molar-refractivity contribution < 1.29 is 13.9 Å². The first-order chi connectivity index (χ1) is 14.8. The van der Waals surface area contributed by atoms with E-state index >= 15 is 0 Å². The Kier molecular flexibility index (Phi) is 7.68. The normalized spacial score (nSPS) is 11.0. The Morgan fingerprint density at radius 1 is 1.16 bits per heavy atom. The summed E-state index contributed by atoms with van der Waals surface area (Å²) in [6.07, 6.45) is 0. The number of halogens is 1. The molecule has 0 saturated heterocycles. The second kappa shape index (κ2) is 10.4. The Labute approximate surface area is 186 Å². The quantitative estimate of drug-likeness (QED) is 0.491. The van der Waals surface area contributed by atoms with Crippen molar-refractivity contribution >= 4 is 17.7 Å². The van der Waals surface area contributed by atoms with Crippen molar-refractivity contribution in [2.24, 2.45) is 0 Å². The van der Waals surface area contributed by atoms with Gasteiger partial charge in [0.15, 0.2) is 11.0 Å². The van der Waals surface area contributed by atoms with Crippen molar-refractivity contribution in [1.82, 2.24) is 20.1 Å². The van der Waals surface area contributed by atoms with Crippen LogP contribution >= 0.6 is 11.8 Å². The molecule has 1 N–H and O–H groups in total. The number of aryl methyl sites for hydroxylation is 2. The third-order valence-corrected chi connectivity index (χ3v) is 5.62.